The fourth-order valence-electron chi connectivity index (χ4n) is 3.27. The van der Waals surface area contributed by atoms with E-state index >= 15 is 0 Å². The third-order valence-electron chi connectivity index (χ3n) is 5.26. The van der Waals surface area contributed by atoms with Crippen LogP contribution in [0.3, 0.4) is 0 Å². The number of hydrogen-bond donors (Lipinski definition) is 1. The third kappa shape index (κ3) is 5.12. The van der Waals surface area contributed by atoms with Crippen molar-refractivity contribution >= 4 is 43.2 Å². The molecule has 1 saturated carbocycles. The summed E-state index contributed by atoms with van der Waals surface area (Å²) in [5.41, 5.74) is 0.865. The van der Waals surface area contributed by atoms with Gasteiger partial charge in [-0.15, -0.1) is 0 Å². The van der Waals surface area contributed by atoms with Gasteiger partial charge in [-0.1, -0.05) is 18.5 Å². The second-order valence-electron chi connectivity index (χ2n) is 8.69. The number of hydrogen-bond acceptors (Lipinski definition) is 6. The van der Waals surface area contributed by atoms with E-state index in [1.165, 1.54) is 6.26 Å². The summed E-state index contributed by atoms with van der Waals surface area (Å²) in [7, 11) is -4.30. The SMILES string of the molecule is CC[C@H](N[S@@](=O)C(C)(C)C)c1cnc(OC2CC(S(C)(=O)=O)C2)c2cnc(Cl)cc12. The highest BCUT2D eigenvalue weighted by molar-refractivity contribution is 7.91. The molecule has 0 unspecified atom stereocenters. The normalized spacial score (nSPS) is 21.8. The van der Waals surface area contributed by atoms with Crippen LogP contribution in [-0.4, -0.2) is 45.0 Å². The lowest BCUT2D eigenvalue weighted by Crippen LogP contribution is -2.42. The molecule has 10 heteroatoms. The Balaban J connectivity index is 1.91. The van der Waals surface area contributed by atoms with Crippen molar-refractivity contribution in [3.63, 3.8) is 0 Å². The summed E-state index contributed by atoms with van der Waals surface area (Å²) in [6.45, 7) is 7.76. The van der Waals surface area contributed by atoms with Gasteiger partial charge in [-0.25, -0.2) is 27.3 Å². The summed E-state index contributed by atoms with van der Waals surface area (Å²) in [5, 5.41) is 1.50. The first-order valence-corrected chi connectivity index (χ1v) is 13.4. The highest BCUT2D eigenvalue weighted by Crippen LogP contribution is 2.36. The number of aromatic nitrogens is 2. The Kier molecular flexibility index (Phi) is 6.77. The Morgan fingerprint density at radius 3 is 2.50 bits per heavy atom. The van der Waals surface area contributed by atoms with Gasteiger partial charge >= 0.3 is 0 Å². The maximum absolute atomic E-state index is 12.6. The monoisotopic (exact) mass is 473 g/mol. The molecular formula is C20H28ClN3O4S2. The van der Waals surface area contributed by atoms with Gasteiger partial charge in [0, 0.05) is 37.5 Å². The van der Waals surface area contributed by atoms with Crippen LogP contribution < -0.4 is 9.46 Å². The summed E-state index contributed by atoms with van der Waals surface area (Å²) in [6, 6.07) is 1.57. The predicted octanol–water partition coefficient (Wildman–Crippen LogP) is 3.74. The van der Waals surface area contributed by atoms with Crippen molar-refractivity contribution in [2.24, 2.45) is 0 Å². The van der Waals surface area contributed by atoms with Gasteiger partial charge in [0.05, 0.1) is 26.4 Å². The number of sulfone groups is 1. The number of pyridine rings is 2. The van der Waals surface area contributed by atoms with E-state index in [4.69, 9.17) is 16.3 Å². The number of ether oxygens (including phenoxy) is 1. The molecule has 1 aliphatic carbocycles. The summed E-state index contributed by atoms with van der Waals surface area (Å²) >= 11 is 6.16. The zero-order valence-electron chi connectivity index (χ0n) is 17.8. The Hall–Kier alpha value is -1.29. The van der Waals surface area contributed by atoms with E-state index in [1.54, 1.807) is 18.5 Å². The number of rotatable bonds is 7. The van der Waals surface area contributed by atoms with Gasteiger partial charge < -0.3 is 4.74 Å². The molecule has 2 aromatic rings. The lowest BCUT2D eigenvalue weighted by Gasteiger charge is -2.34. The standard InChI is InChI=1S/C20H28ClN3O4S2/c1-6-17(24-29(25)20(2,3)4)15-10-23-19(16-11-22-18(21)9-14(15)16)28-12-7-13(8-12)30(5,26)27/h9-13,17,24H,6-8H2,1-5H3/t12?,13?,17-,29-/m0/s1. The molecule has 166 valence electrons. The first-order valence-electron chi connectivity index (χ1n) is 9.88. The molecule has 2 aromatic heterocycles. The van der Waals surface area contributed by atoms with Crippen molar-refractivity contribution in [3.05, 3.63) is 29.2 Å². The van der Waals surface area contributed by atoms with Crippen molar-refractivity contribution < 1.29 is 17.4 Å². The molecule has 0 spiro atoms. The van der Waals surface area contributed by atoms with Crippen molar-refractivity contribution in [1.82, 2.24) is 14.7 Å². The maximum atomic E-state index is 12.6. The molecule has 1 N–H and O–H groups in total. The van der Waals surface area contributed by atoms with E-state index in [2.05, 4.69) is 14.7 Å². The van der Waals surface area contributed by atoms with Gasteiger partial charge in [0.15, 0.2) is 9.84 Å². The number of halogens is 1. The van der Waals surface area contributed by atoms with Crippen LogP contribution in [0.15, 0.2) is 18.5 Å². The number of nitrogens with zero attached hydrogens (tertiary/aromatic N) is 2. The van der Waals surface area contributed by atoms with Crippen molar-refractivity contribution in [3.8, 4) is 5.88 Å². The average molecular weight is 474 g/mol. The Labute approximate surface area is 185 Å². The summed E-state index contributed by atoms with van der Waals surface area (Å²) in [4.78, 5) is 8.66. The Morgan fingerprint density at radius 1 is 1.27 bits per heavy atom. The molecule has 30 heavy (non-hydrogen) atoms. The molecule has 0 saturated heterocycles. The highest BCUT2D eigenvalue weighted by atomic mass is 35.5. The van der Waals surface area contributed by atoms with Crippen molar-refractivity contribution in [2.75, 3.05) is 6.26 Å². The molecule has 0 aromatic carbocycles. The Morgan fingerprint density at radius 2 is 1.93 bits per heavy atom. The highest BCUT2D eigenvalue weighted by Gasteiger charge is 2.38. The van der Waals surface area contributed by atoms with Crippen LogP contribution in [0.4, 0.5) is 0 Å². The van der Waals surface area contributed by atoms with Crippen molar-refractivity contribution in [1.29, 1.82) is 0 Å². The van der Waals surface area contributed by atoms with Gasteiger partial charge in [-0.2, -0.15) is 0 Å². The zero-order valence-corrected chi connectivity index (χ0v) is 20.2. The molecule has 2 atom stereocenters. The first kappa shape index (κ1) is 23.4. The molecule has 0 amide bonds. The van der Waals surface area contributed by atoms with E-state index in [1.807, 2.05) is 27.7 Å². The van der Waals surface area contributed by atoms with Crippen LogP contribution >= 0.6 is 11.6 Å². The van der Waals surface area contributed by atoms with E-state index in [0.29, 0.717) is 35.7 Å². The van der Waals surface area contributed by atoms with Crippen molar-refractivity contribution in [2.45, 2.75) is 69.1 Å². The molecule has 3 rings (SSSR count). The summed E-state index contributed by atoms with van der Waals surface area (Å²) in [5.74, 6) is 0.404. The molecule has 1 fully saturated rings. The van der Waals surface area contributed by atoms with E-state index < -0.39 is 25.6 Å². The number of nitrogens with one attached hydrogen (secondary N) is 1. The minimum Gasteiger partial charge on any atom is -0.474 e. The van der Waals surface area contributed by atoms with Crippen LogP contribution in [0.1, 0.15) is 58.6 Å². The maximum Gasteiger partial charge on any atom is 0.223 e. The second kappa shape index (κ2) is 8.68. The van der Waals surface area contributed by atoms with Crippen LogP contribution in [-0.2, 0) is 20.8 Å². The van der Waals surface area contributed by atoms with E-state index in [0.717, 1.165) is 10.9 Å². The molecule has 0 bridgehead atoms. The molecule has 0 radical (unpaired) electrons. The fourth-order valence-corrected chi connectivity index (χ4v) is 5.46. The predicted molar refractivity (Wildman–Crippen MR) is 121 cm³/mol. The van der Waals surface area contributed by atoms with Gasteiger partial charge in [-0.3, -0.25) is 0 Å². The van der Waals surface area contributed by atoms with Gasteiger partial charge in [0.25, 0.3) is 0 Å². The van der Waals surface area contributed by atoms with Crippen LogP contribution in [0.5, 0.6) is 5.88 Å². The van der Waals surface area contributed by atoms with Gasteiger partial charge in [0.1, 0.15) is 11.3 Å². The summed E-state index contributed by atoms with van der Waals surface area (Å²) < 4.78 is 44.7. The lowest BCUT2D eigenvalue weighted by atomic mass is 9.95. The minimum atomic E-state index is -3.05. The minimum absolute atomic E-state index is 0.189. The first-order chi connectivity index (χ1) is 13.9. The van der Waals surface area contributed by atoms with E-state index in [9.17, 15) is 12.6 Å². The quantitative estimate of drug-likeness (QED) is 0.615. The topological polar surface area (TPSA) is 98.2 Å². The molecule has 1 aliphatic rings. The molecule has 7 nitrogen and oxygen atoms in total. The molecule has 2 heterocycles. The summed E-state index contributed by atoms with van der Waals surface area (Å²) in [6.07, 6.45) is 5.99. The van der Waals surface area contributed by atoms with Crippen LogP contribution in [0.2, 0.25) is 5.15 Å². The van der Waals surface area contributed by atoms with Crippen LogP contribution in [0, 0.1) is 0 Å². The van der Waals surface area contributed by atoms with Crippen LogP contribution in [0.25, 0.3) is 10.8 Å². The second-order valence-corrected chi connectivity index (χ2v) is 13.4. The number of fused-ring (bicyclic) bond motifs is 1. The zero-order chi connectivity index (χ0) is 22.3. The average Bonchev–Trinajstić information content (AvgIpc) is 2.60. The van der Waals surface area contributed by atoms with Gasteiger partial charge in [0.2, 0.25) is 5.88 Å². The van der Waals surface area contributed by atoms with E-state index in [-0.39, 0.29) is 17.4 Å². The fraction of sp³-hybridized carbons (Fsp3) is 0.600. The molecular weight excluding hydrogens is 446 g/mol. The van der Waals surface area contributed by atoms with Gasteiger partial charge in [-0.05, 0) is 44.2 Å². The smallest absolute Gasteiger partial charge is 0.223 e. The third-order valence-corrected chi connectivity index (χ3v) is 8.67. The lowest BCUT2D eigenvalue weighted by molar-refractivity contribution is 0.119. The largest absolute Gasteiger partial charge is 0.474 e. The molecule has 0 aliphatic heterocycles. The Bertz CT molecular complexity index is 1060.